The second kappa shape index (κ2) is 11.1. The third kappa shape index (κ3) is 5.81. The van der Waals surface area contributed by atoms with Crippen LogP contribution >= 0.6 is 0 Å². The van der Waals surface area contributed by atoms with Gasteiger partial charge >= 0.3 is 6.09 Å². The number of benzene rings is 1. The molecule has 1 aliphatic heterocycles. The lowest BCUT2D eigenvalue weighted by Gasteiger charge is -2.32. The zero-order chi connectivity index (χ0) is 27.5. The molecule has 2 N–H and O–H groups in total. The fourth-order valence-electron chi connectivity index (χ4n) is 4.46. The van der Waals surface area contributed by atoms with Crippen LogP contribution in [0.4, 0.5) is 16.3 Å². The lowest BCUT2D eigenvalue weighted by molar-refractivity contribution is 0.0698. The van der Waals surface area contributed by atoms with Crippen molar-refractivity contribution in [3.8, 4) is 11.4 Å². The number of amides is 2. The Morgan fingerprint density at radius 3 is 2.62 bits per heavy atom. The van der Waals surface area contributed by atoms with Gasteiger partial charge in [-0.15, -0.1) is 10.2 Å². The van der Waals surface area contributed by atoms with Crippen LogP contribution in [0.1, 0.15) is 56.9 Å². The summed E-state index contributed by atoms with van der Waals surface area (Å²) in [6.45, 7) is 8.63. The number of carbonyl (C=O) groups excluding carboxylic acids is 2. The Kier molecular flexibility index (Phi) is 7.39. The van der Waals surface area contributed by atoms with Gasteiger partial charge in [-0.05, 0) is 63.9 Å². The monoisotopic (exact) mass is 532 g/mol. The van der Waals surface area contributed by atoms with E-state index in [2.05, 4.69) is 36.1 Å². The van der Waals surface area contributed by atoms with Crippen LogP contribution in [-0.4, -0.2) is 76.9 Å². The molecule has 4 heterocycles. The minimum absolute atomic E-state index is 0.0319. The summed E-state index contributed by atoms with van der Waals surface area (Å²) in [4.78, 5) is 33.3. The number of likely N-dealkylation sites (tertiary alicyclic amines) is 1. The maximum Gasteiger partial charge on any atom is 0.407 e. The number of fused-ring (bicyclic) bond motifs is 1. The van der Waals surface area contributed by atoms with Gasteiger partial charge in [-0.2, -0.15) is 9.90 Å². The molecule has 39 heavy (non-hydrogen) atoms. The summed E-state index contributed by atoms with van der Waals surface area (Å²) in [6, 6.07) is 9.45. The molecule has 5 rings (SSSR count). The number of anilines is 2. The zero-order valence-electron chi connectivity index (χ0n) is 22.4. The van der Waals surface area contributed by atoms with Gasteiger partial charge in [-0.3, -0.25) is 4.79 Å². The fourth-order valence-corrected chi connectivity index (χ4v) is 4.46. The first-order valence-corrected chi connectivity index (χ1v) is 13.0. The molecule has 1 saturated heterocycles. The predicted molar refractivity (Wildman–Crippen MR) is 144 cm³/mol. The number of ether oxygens (including phenoxy) is 1. The molecule has 0 spiro atoms. The van der Waals surface area contributed by atoms with E-state index < -0.39 is 6.09 Å². The van der Waals surface area contributed by atoms with Gasteiger partial charge in [0.15, 0.2) is 5.82 Å². The van der Waals surface area contributed by atoms with Crippen molar-refractivity contribution in [2.45, 2.75) is 58.7 Å². The van der Waals surface area contributed by atoms with Gasteiger partial charge in [0.1, 0.15) is 11.8 Å². The predicted octanol–water partition coefficient (Wildman–Crippen LogP) is 3.45. The Bertz CT molecular complexity index is 1470. The molecular weight excluding hydrogens is 500 g/mol. The molecule has 13 heteroatoms. The topological polar surface area (TPSA) is 144 Å². The Morgan fingerprint density at radius 2 is 1.90 bits per heavy atom. The summed E-state index contributed by atoms with van der Waals surface area (Å²) in [5, 5.41) is 23.2. The number of alkyl carbamates (subject to hydrolysis) is 1. The number of nitrogens with zero attached hydrogens (tertiary/aromatic N) is 8. The van der Waals surface area contributed by atoms with Gasteiger partial charge in [0, 0.05) is 36.6 Å². The van der Waals surface area contributed by atoms with Crippen LogP contribution in [0.5, 0.6) is 0 Å². The van der Waals surface area contributed by atoms with Crippen LogP contribution in [-0.2, 0) is 4.74 Å². The van der Waals surface area contributed by atoms with Crippen molar-refractivity contribution < 1.29 is 14.3 Å². The van der Waals surface area contributed by atoms with Crippen LogP contribution in [0.3, 0.4) is 0 Å². The highest BCUT2D eigenvalue weighted by Gasteiger charge is 2.27. The molecule has 1 aromatic carbocycles. The van der Waals surface area contributed by atoms with E-state index in [0.29, 0.717) is 48.7 Å². The lowest BCUT2D eigenvalue weighted by Crippen LogP contribution is -2.47. The normalized spacial score (nSPS) is 14.3. The summed E-state index contributed by atoms with van der Waals surface area (Å²) >= 11 is 0. The number of hydrogen-bond donors (Lipinski definition) is 2. The van der Waals surface area contributed by atoms with Crippen molar-refractivity contribution in [2.75, 3.05) is 18.4 Å². The molecule has 0 atom stereocenters. The largest absolute Gasteiger partial charge is 0.447 e. The number of piperidine rings is 1. The summed E-state index contributed by atoms with van der Waals surface area (Å²) < 4.78 is 6.81. The van der Waals surface area contributed by atoms with Gasteiger partial charge in [0.25, 0.3) is 5.91 Å². The number of hydrogen-bond acceptors (Lipinski definition) is 9. The van der Waals surface area contributed by atoms with Gasteiger partial charge < -0.3 is 20.3 Å². The smallest absolute Gasteiger partial charge is 0.407 e. The minimum Gasteiger partial charge on any atom is -0.447 e. The summed E-state index contributed by atoms with van der Waals surface area (Å²) in [5.74, 6) is 0.915. The molecule has 204 valence electrons. The summed E-state index contributed by atoms with van der Waals surface area (Å²) in [5.41, 5.74) is 2.64. The molecule has 13 nitrogen and oxygen atoms in total. The van der Waals surface area contributed by atoms with E-state index in [9.17, 15) is 9.59 Å². The van der Waals surface area contributed by atoms with Crippen LogP contribution < -0.4 is 10.6 Å². The van der Waals surface area contributed by atoms with E-state index in [-0.39, 0.29) is 24.1 Å². The average molecular weight is 533 g/mol. The molecule has 1 aliphatic rings. The Balaban J connectivity index is 1.32. The SMILES string of the molecule is CC(C)OC(=O)NC1CCN(C(=O)c2ccn3ncnc(Nc4cccc(-c5nnn(C(C)C)n5)c4)c23)CC1. The Hall–Kier alpha value is -4.55. The van der Waals surface area contributed by atoms with E-state index in [1.54, 1.807) is 26.5 Å². The van der Waals surface area contributed by atoms with Crippen LogP contribution in [0, 0.1) is 0 Å². The van der Waals surface area contributed by atoms with Gasteiger partial charge in [-0.1, -0.05) is 12.1 Å². The molecule has 0 bridgehead atoms. The van der Waals surface area contributed by atoms with Crippen LogP contribution in [0.15, 0.2) is 42.9 Å². The molecular formula is C26H32N10O3. The summed E-state index contributed by atoms with van der Waals surface area (Å²) in [6.07, 6.45) is 3.88. The van der Waals surface area contributed by atoms with E-state index >= 15 is 0 Å². The zero-order valence-corrected chi connectivity index (χ0v) is 22.4. The molecule has 4 aromatic rings. The van der Waals surface area contributed by atoms with E-state index in [0.717, 1.165) is 11.3 Å². The van der Waals surface area contributed by atoms with E-state index in [1.807, 2.05) is 52.0 Å². The maximum atomic E-state index is 13.5. The van der Waals surface area contributed by atoms with Crippen molar-refractivity contribution in [3.63, 3.8) is 0 Å². The van der Waals surface area contributed by atoms with Crippen molar-refractivity contribution in [1.29, 1.82) is 0 Å². The van der Waals surface area contributed by atoms with Crippen molar-refractivity contribution >= 4 is 29.0 Å². The average Bonchev–Trinajstić information content (AvgIpc) is 3.57. The maximum absolute atomic E-state index is 13.5. The lowest BCUT2D eigenvalue weighted by atomic mass is 10.0. The quantitative estimate of drug-likeness (QED) is 0.366. The Morgan fingerprint density at radius 1 is 1.10 bits per heavy atom. The minimum atomic E-state index is -0.426. The standard InChI is InChI=1S/C26H32N10O3/c1-16(2)36-32-23(31-33-36)18-6-5-7-20(14-18)29-24-22-21(10-13-35(22)28-15-27-24)25(37)34-11-8-19(9-12-34)30-26(38)39-17(3)4/h5-7,10,13-17,19H,8-9,11-12H2,1-4H3,(H,30,38)(H,27,28,29). The van der Waals surface area contributed by atoms with Crippen molar-refractivity contribution in [3.05, 3.63) is 48.4 Å². The number of aromatic nitrogens is 7. The van der Waals surface area contributed by atoms with Crippen molar-refractivity contribution in [2.24, 2.45) is 0 Å². The fraction of sp³-hybridized carbons (Fsp3) is 0.423. The number of nitrogens with one attached hydrogen (secondary N) is 2. The second-order valence-electron chi connectivity index (χ2n) is 10.0. The number of carbonyl (C=O) groups is 2. The summed E-state index contributed by atoms with van der Waals surface area (Å²) in [7, 11) is 0. The third-order valence-electron chi connectivity index (χ3n) is 6.40. The Labute approximate surface area is 225 Å². The number of tetrazole rings is 1. The van der Waals surface area contributed by atoms with Crippen molar-refractivity contribution in [1.82, 2.24) is 45.0 Å². The number of rotatable bonds is 7. The molecule has 3 aromatic heterocycles. The van der Waals surface area contributed by atoms with Crippen LogP contribution in [0.25, 0.3) is 16.9 Å². The first kappa shape index (κ1) is 26.1. The van der Waals surface area contributed by atoms with E-state index in [1.165, 1.54) is 6.33 Å². The van der Waals surface area contributed by atoms with Gasteiger partial charge in [-0.25, -0.2) is 14.3 Å². The van der Waals surface area contributed by atoms with Crippen LogP contribution in [0.2, 0.25) is 0 Å². The molecule has 0 radical (unpaired) electrons. The third-order valence-corrected chi connectivity index (χ3v) is 6.40. The highest BCUT2D eigenvalue weighted by molar-refractivity contribution is 6.04. The van der Waals surface area contributed by atoms with E-state index in [4.69, 9.17) is 4.74 Å². The highest BCUT2D eigenvalue weighted by atomic mass is 16.6. The molecule has 1 fully saturated rings. The first-order valence-electron chi connectivity index (χ1n) is 13.0. The molecule has 0 saturated carbocycles. The molecule has 2 amide bonds. The highest BCUT2D eigenvalue weighted by Crippen LogP contribution is 2.27. The van der Waals surface area contributed by atoms with Gasteiger partial charge in [0.05, 0.1) is 17.7 Å². The molecule has 0 aliphatic carbocycles. The first-order chi connectivity index (χ1) is 18.8. The second-order valence-corrected chi connectivity index (χ2v) is 10.0. The molecule has 0 unspecified atom stereocenters. The van der Waals surface area contributed by atoms with Gasteiger partial charge in [0.2, 0.25) is 5.82 Å².